The van der Waals surface area contributed by atoms with Crippen LogP contribution < -0.4 is 11.1 Å². The number of halogens is 3. The van der Waals surface area contributed by atoms with Gasteiger partial charge in [0.25, 0.3) is 5.71 Å². The van der Waals surface area contributed by atoms with Crippen LogP contribution in [0.5, 0.6) is 0 Å². The molecule has 0 unspecified atom stereocenters. The van der Waals surface area contributed by atoms with Gasteiger partial charge in [-0.25, -0.2) is 0 Å². The van der Waals surface area contributed by atoms with Gasteiger partial charge in [0.15, 0.2) is 0 Å². The van der Waals surface area contributed by atoms with Crippen molar-refractivity contribution in [3.05, 3.63) is 12.2 Å². The minimum absolute atomic E-state index is 0.419. The van der Waals surface area contributed by atoms with Crippen LogP contribution in [0, 0.1) is 0 Å². The van der Waals surface area contributed by atoms with Crippen molar-refractivity contribution in [3.63, 3.8) is 0 Å². The Morgan fingerprint density at radius 1 is 1.36 bits per heavy atom. The SMILES string of the molecule is NC(=O)/C=C/C(=[NH2+])C(F)(F)F. The Hall–Kier alpha value is -1.33. The Balaban J connectivity index is 4.20. The van der Waals surface area contributed by atoms with Crippen LogP contribution in [-0.2, 0) is 4.79 Å². The van der Waals surface area contributed by atoms with Gasteiger partial charge in [0.2, 0.25) is 5.91 Å². The van der Waals surface area contributed by atoms with E-state index >= 15 is 0 Å². The molecule has 0 radical (unpaired) electrons. The van der Waals surface area contributed by atoms with E-state index in [0.29, 0.717) is 12.2 Å². The van der Waals surface area contributed by atoms with Gasteiger partial charge in [0, 0.05) is 12.2 Å². The molecule has 62 valence electrons. The average Bonchev–Trinajstić information content (AvgIpc) is 1.80. The van der Waals surface area contributed by atoms with Gasteiger partial charge in [0.05, 0.1) is 0 Å². The van der Waals surface area contributed by atoms with E-state index in [1.54, 1.807) is 0 Å². The van der Waals surface area contributed by atoms with Crippen LogP contribution >= 0.6 is 0 Å². The zero-order valence-corrected chi connectivity index (χ0v) is 5.35. The Labute approximate surface area is 60.2 Å². The molecule has 0 saturated carbocycles. The van der Waals surface area contributed by atoms with Crippen molar-refractivity contribution < 1.29 is 23.4 Å². The third-order valence-corrected chi connectivity index (χ3v) is 0.754. The van der Waals surface area contributed by atoms with E-state index in [9.17, 15) is 18.0 Å². The van der Waals surface area contributed by atoms with E-state index in [1.165, 1.54) is 0 Å². The van der Waals surface area contributed by atoms with E-state index in [-0.39, 0.29) is 0 Å². The molecule has 0 saturated heterocycles. The van der Waals surface area contributed by atoms with Gasteiger partial charge in [-0.1, -0.05) is 0 Å². The second-order valence-electron chi connectivity index (χ2n) is 1.69. The van der Waals surface area contributed by atoms with Crippen molar-refractivity contribution >= 4 is 11.6 Å². The van der Waals surface area contributed by atoms with E-state index in [4.69, 9.17) is 0 Å². The first-order chi connectivity index (χ1) is 4.84. The highest BCUT2D eigenvalue weighted by atomic mass is 19.4. The van der Waals surface area contributed by atoms with Crippen molar-refractivity contribution in [1.29, 1.82) is 0 Å². The molecule has 11 heavy (non-hydrogen) atoms. The van der Waals surface area contributed by atoms with Crippen LogP contribution in [0.15, 0.2) is 12.2 Å². The van der Waals surface area contributed by atoms with E-state index in [1.807, 2.05) is 0 Å². The number of rotatable bonds is 2. The van der Waals surface area contributed by atoms with Gasteiger partial charge in [-0.2, -0.15) is 13.2 Å². The summed E-state index contributed by atoms with van der Waals surface area (Å²) < 4.78 is 34.6. The lowest BCUT2D eigenvalue weighted by Gasteiger charge is -1.96. The number of alkyl halides is 3. The molecule has 0 aliphatic carbocycles. The summed E-state index contributed by atoms with van der Waals surface area (Å²) in [6, 6.07) is 0. The summed E-state index contributed by atoms with van der Waals surface area (Å²) in [5, 5.41) is 4.50. The van der Waals surface area contributed by atoms with E-state index in [0.717, 1.165) is 0 Å². The fourth-order valence-corrected chi connectivity index (χ4v) is 0.266. The van der Waals surface area contributed by atoms with Crippen LogP contribution in [0.25, 0.3) is 0 Å². The van der Waals surface area contributed by atoms with Crippen molar-refractivity contribution in [1.82, 2.24) is 0 Å². The Morgan fingerprint density at radius 3 is 2.09 bits per heavy atom. The zero-order valence-electron chi connectivity index (χ0n) is 5.35. The molecule has 0 rings (SSSR count). The molecular weight excluding hydrogens is 161 g/mol. The largest absolute Gasteiger partial charge is 0.476 e. The molecule has 3 nitrogen and oxygen atoms in total. The molecule has 0 aliphatic heterocycles. The van der Waals surface area contributed by atoms with Gasteiger partial charge in [0.1, 0.15) is 0 Å². The van der Waals surface area contributed by atoms with Crippen LogP contribution in [0.4, 0.5) is 13.2 Å². The van der Waals surface area contributed by atoms with Crippen LogP contribution in [-0.4, -0.2) is 17.8 Å². The summed E-state index contributed by atoms with van der Waals surface area (Å²) in [6.45, 7) is 0. The molecule has 0 aromatic carbocycles. The minimum Gasteiger partial charge on any atom is -0.366 e. The summed E-state index contributed by atoms with van der Waals surface area (Å²) >= 11 is 0. The predicted molar refractivity (Wildman–Crippen MR) is 31.3 cm³/mol. The number of allylic oxidation sites excluding steroid dienone is 1. The quantitative estimate of drug-likeness (QED) is 0.393. The molecule has 0 bridgehead atoms. The van der Waals surface area contributed by atoms with Crippen molar-refractivity contribution in [2.24, 2.45) is 5.73 Å². The maximum absolute atomic E-state index is 11.5. The zero-order chi connectivity index (χ0) is 9.07. The van der Waals surface area contributed by atoms with Gasteiger partial charge < -0.3 is 5.73 Å². The summed E-state index contributed by atoms with van der Waals surface area (Å²) in [5.41, 5.74) is 3.17. The van der Waals surface area contributed by atoms with Crippen LogP contribution in [0.3, 0.4) is 0 Å². The van der Waals surface area contributed by atoms with Crippen LogP contribution in [0.1, 0.15) is 0 Å². The van der Waals surface area contributed by atoms with Gasteiger partial charge in [-0.15, -0.1) is 0 Å². The van der Waals surface area contributed by atoms with Gasteiger partial charge in [-0.3, -0.25) is 10.2 Å². The van der Waals surface area contributed by atoms with Crippen molar-refractivity contribution in [2.45, 2.75) is 6.18 Å². The van der Waals surface area contributed by atoms with Crippen molar-refractivity contribution in [3.8, 4) is 0 Å². The highest BCUT2D eigenvalue weighted by Crippen LogP contribution is 2.14. The molecule has 0 fully saturated rings. The van der Waals surface area contributed by atoms with Crippen molar-refractivity contribution in [2.75, 3.05) is 0 Å². The second kappa shape index (κ2) is 3.18. The average molecular weight is 167 g/mol. The summed E-state index contributed by atoms with van der Waals surface area (Å²) in [5.74, 6) is -0.975. The summed E-state index contributed by atoms with van der Waals surface area (Å²) in [7, 11) is 0. The first-order valence-electron chi connectivity index (χ1n) is 2.51. The topological polar surface area (TPSA) is 68.7 Å². The Bertz CT molecular complexity index is 206. The highest BCUT2D eigenvalue weighted by Gasteiger charge is 2.37. The molecule has 0 aromatic rings. The molecule has 1 amide bonds. The monoisotopic (exact) mass is 167 g/mol. The number of primary amides is 1. The summed E-state index contributed by atoms with van der Waals surface area (Å²) in [6.07, 6.45) is -3.64. The first kappa shape index (κ1) is 9.67. The molecule has 0 aliphatic rings. The number of carbonyl (C=O) groups excluding carboxylic acids is 1. The number of carbonyl (C=O) groups is 1. The fraction of sp³-hybridized carbons (Fsp3) is 0.200. The molecule has 6 heteroatoms. The number of amides is 1. The molecule has 0 heterocycles. The highest BCUT2D eigenvalue weighted by molar-refractivity contribution is 5.99. The number of hydrogen-bond acceptors (Lipinski definition) is 1. The third-order valence-electron chi connectivity index (χ3n) is 0.754. The lowest BCUT2D eigenvalue weighted by atomic mass is 10.3. The molecule has 0 spiro atoms. The van der Waals surface area contributed by atoms with Crippen LogP contribution in [0.2, 0.25) is 0 Å². The maximum Gasteiger partial charge on any atom is 0.476 e. The third kappa shape index (κ3) is 4.12. The maximum atomic E-state index is 11.5. The molecule has 4 N–H and O–H groups in total. The summed E-state index contributed by atoms with van der Waals surface area (Å²) in [4.78, 5) is 9.93. The fourth-order valence-electron chi connectivity index (χ4n) is 0.266. The second-order valence-corrected chi connectivity index (χ2v) is 1.69. The predicted octanol–water partition coefficient (Wildman–Crippen LogP) is -1.21. The molecular formula is C5H6F3N2O+. The number of nitrogens with two attached hydrogens (primary N) is 2. The van der Waals surface area contributed by atoms with Gasteiger partial charge in [-0.05, 0) is 0 Å². The molecule has 0 atom stereocenters. The van der Waals surface area contributed by atoms with E-state index < -0.39 is 17.8 Å². The minimum atomic E-state index is -4.61. The Kier molecular flexibility index (Phi) is 2.79. The Morgan fingerprint density at radius 2 is 1.82 bits per heavy atom. The smallest absolute Gasteiger partial charge is 0.366 e. The lowest BCUT2D eigenvalue weighted by Crippen LogP contribution is -2.47. The first-order valence-corrected chi connectivity index (χ1v) is 2.51. The normalized spacial score (nSPS) is 11.9. The lowest BCUT2D eigenvalue weighted by molar-refractivity contribution is -0.165. The van der Waals surface area contributed by atoms with E-state index in [2.05, 4.69) is 11.1 Å². The standard InChI is InChI=1S/C5H5F3N2O/c6-5(7,8)3(9)1-2-4(10)11/h1-2,9H,(H2,10,11)/p+1/b2-1+,9-3?. The molecule has 0 aromatic heterocycles. The van der Waals surface area contributed by atoms with Gasteiger partial charge >= 0.3 is 6.18 Å². The number of hydrogen-bond donors (Lipinski definition) is 2.